The number of piperidine rings is 1. The molecular weight excluding hydrogens is 530 g/mol. The average Bonchev–Trinajstić information content (AvgIpc) is 3.35. The zero-order chi connectivity index (χ0) is 26.0. The van der Waals surface area contributed by atoms with Crippen molar-refractivity contribution < 1.29 is 17.9 Å². The SMILES string of the molecule is COc1ccc2nc(N(Cc3ccccc3)C(=O)C3CCN(S(=O)(=O)c4ccc(Cl)cc4)CC3)sc2c1. The highest BCUT2D eigenvalue weighted by Gasteiger charge is 2.35. The van der Waals surface area contributed by atoms with E-state index in [1.165, 1.54) is 27.8 Å². The summed E-state index contributed by atoms with van der Waals surface area (Å²) < 4.78 is 33.9. The Morgan fingerprint density at radius 3 is 2.46 bits per heavy atom. The maximum absolute atomic E-state index is 13.9. The lowest BCUT2D eigenvalue weighted by atomic mass is 9.96. The lowest BCUT2D eigenvalue weighted by Crippen LogP contribution is -2.44. The second-order valence-electron chi connectivity index (χ2n) is 8.87. The highest BCUT2D eigenvalue weighted by molar-refractivity contribution is 7.89. The van der Waals surface area contributed by atoms with Crippen molar-refractivity contribution in [1.82, 2.24) is 9.29 Å². The van der Waals surface area contributed by atoms with E-state index in [0.29, 0.717) is 29.5 Å². The van der Waals surface area contributed by atoms with Crippen LogP contribution >= 0.6 is 22.9 Å². The van der Waals surface area contributed by atoms with Crippen LogP contribution in [-0.2, 0) is 21.4 Å². The number of carbonyl (C=O) groups excluding carboxylic acids is 1. The van der Waals surface area contributed by atoms with Crippen molar-refractivity contribution in [2.75, 3.05) is 25.1 Å². The van der Waals surface area contributed by atoms with Crippen LogP contribution in [-0.4, -0.2) is 43.8 Å². The van der Waals surface area contributed by atoms with Crippen molar-refractivity contribution in [2.24, 2.45) is 5.92 Å². The third-order valence-electron chi connectivity index (χ3n) is 6.52. The number of ether oxygens (including phenoxy) is 1. The van der Waals surface area contributed by atoms with Crippen molar-refractivity contribution in [1.29, 1.82) is 0 Å². The molecule has 1 aliphatic heterocycles. The predicted octanol–water partition coefficient (Wildman–Crippen LogP) is 5.59. The molecule has 0 bridgehead atoms. The van der Waals surface area contributed by atoms with Gasteiger partial charge in [-0.3, -0.25) is 9.69 Å². The maximum Gasteiger partial charge on any atom is 0.243 e. The highest BCUT2D eigenvalue weighted by Crippen LogP contribution is 2.34. The van der Waals surface area contributed by atoms with Gasteiger partial charge in [0.1, 0.15) is 5.75 Å². The zero-order valence-corrected chi connectivity index (χ0v) is 22.6. The molecule has 10 heteroatoms. The lowest BCUT2D eigenvalue weighted by Gasteiger charge is -2.33. The monoisotopic (exact) mass is 555 g/mol. The van der Waals surface area contributed by atoms with Crippen LogP contribution < -0.4 is 9.64 Å². The number of sulfonamides is 1. The van der Waals surface area contributed by atoms with Crippen LogP contribution in [0.4, 0.5) is 5.13 Å². The number of hydrogen-bond acceptors (Lipinski definition) is 6. The molecule has 4 aromatic rings. The van der Waals surface area contributed by atoms with Gasteiger partial charge in [-0.25, -0.2) is 13.4 Å². The van der Waals surface area contributed by atoms with Crippen LogP contribution in [0, 0.1) is 5.92 Å². The number of nitrogens with zero attached hydrogens (tertiary/aromatic N) is 3. The summed E-state index contributed by atoms with van der Waals surface area (Å²) in [5.74, 6) is 0.387. The molecule has 0 saturated carbocycles. The third kappa shape index (κ3) is 5.50. The molecule has 0 atom stereocenters. The van der Waals surface area contributed by atoms with Crippen molar-refractivity contribution in [3.8, 4) is 5.75 Å². The molecule has 0 spiro atoms. The maximum atomic E-state index is 13.9. The number of benzene rings is 3. The molecule has 0 N–H and O–H groups in total. The minimum Gasteiger partial charge on any atom is -0.497 e. The van der Waals surface area contributed by atoms with Gasteiger partial charge in [0.2, 0.25) is 15.9 Å². The van der Waals surface area contributed by atoms with E-state index in [1.807, 2.05) is 48.5 Å². The van der Waals surface area contributed by atoms with Gasteiger partial charge in [0.25, 0.3) is 0 Å². The fourth-order valence-corrected chi connectivity index (χ4v) is 7.05. The first-order valence-corrected chi connectivity index (χ1v) is 14.5. The highest BCUT2D eigenvalue weighted by atomic mass is 35.5. The second kappa shape index (κ2) is 10.8. The summed E-state index contributed by atoms with van der Waals surface area (Å²) in [5, 5.41) is 1.10. The van der Waals surface area contributed by atoms with Crippen LogP contribution in [0.5, 0.6) is 5.75 Å². The smallest absolute Gasteiger partial charge is 0.243 e. The summed E-state index contributed by atoms with van der Waals surface area (Å²) in [6, 6.07) is 21.6. The van der Waals surface area contributed by atoms with Crippen LogP contribution in [0.25, 0.3) is 10.2 Å². The van der Waals surface area contributed by atoms with Gasteiger partial charge in [-0.2, -0.15) is 4.31 Å². The van der Waals surface area contributed by atoms with Crippen molar-refractivity contribution in [2.45, 2.75) is 24.3 Å². The molecule has 0 unspecified atom stereocenters. The average molecular weight is 556 g/mol. The first kappa shape index (κ1) is 25.7. The van der Waals surface area contributed by atoms with Crippen molar-refractivity contribution in [3.05, 3.63) is 83.4 Å². The number of rotatable bonds is 7. The number of amides is 1. The minimum absolute atomic E-state index is 0.0431. The Labute approximate surface area is 225 Å². The number of methoxy groups -OCH3 is 1. The number of halogens is 1. The van der Waals surface area contributed by atoms with Gasteiger partial charge in [0, 0.05) is 24.0 Å². The molecule has 3 aromatic carbocycles. The molecule has 1 aliphatic rings. The molecule has 0 radical (unpaired) electrons. The number of fused-ring (bicyclic) bond motifs is 1. The molecular formula is C27H26ClN3O4S2. The normalized spacial score (nSPS) is 15.1. The van der Waals surface area contributed by atoms with E-state index in [-0.39, 0.29) is 29.8 Å². The van der Waals surface area contributed by atoms with Gasteiger partial charge in [0.15, 0.2) is 5.13 Å². The minimum atomic E-state index is -3.65. The summed E-state index contributed by atoms with van der Waals surface area (Å²) in [7, 11) is -2.03. The molecule has 1 saturated heterocycles. The summed E-state index contributed by atoms with van der Waals surface area (Å²) >= 11 is 7.37. The van der Waals surface area contributed by atoms with Crippen LogP contribution in [0.1, 0.15) is 18.4 Å². The number of hydrogen-bond donors (Lipinski definition) is 0. The Balaban J connectivity index is 1.37. The summed E-state index contributed by atoms with van der Waals surface area (Å²) in [6.07, 6.45) is 0.880. The van der Waals surface area contributed by atoms with Gasteiger partial charge in [-0.05, 0) is 60.9 Å². The summed E-state index contributed by atoms with van der Waals surface area (Å²) in [4.78, 5) is 20.5. The number of carbonyl (C=O) groups is 1. The van der Waals surface area contributed by atoms with Crippen LogP contribution in [0.2, 0.25) is 5.02 Å². The Morgan fingerprint density at radius 1 is 1.08 bits per heavy atom. The van der Waals surface area contributed by atoms with Crippen molar-refractivity contribution >= 4 is 54.2 Å². The number of anilines is 1. The Kier molecular flexibility index (Phi) is 7.48. The molecule has 1 aromatic heterocycles. The van der Waals surface area contributed by atoms with E-state index in [2.05, 4.69) is 0 Å². The third-order valence-corrected chi connectivity index (χ3v) is 9.73. The Bertz CT molecular complexity index is 1500. The molecule has 0 aliphatic carbocycles. The van der Waals surface area contributed by atoms with Gasteiger partial charge < -0.3 is 4.74 Å². The molecule has 37 heavy (non-hydrogen) atoms. The standard InChI is InChI=1S/C27H26ClN3O4S2/c1-35-22-9-12-24-25(17-22)36-27(29-24)31(18-19-5-3-2-4-6-19)26(32)20-13-15-30(16-14-20)37(33,34)23-10-7-21(28)8-11-23/h2-12,17,20H,13-16,18H2,1H3. The van der Waals surface area contributed by atoms with E-state index < -0.39 is 10.0 Å². The fraction of sp³-hybridized carbons (Fsp3) is 0.259. The molecule has 192 valence electrons. The summed E-state index contributed by atoms with van der Waals surface area (Å²) in [6.45, 7) is 0.940. The number of thiazole rings is 1. The molecule has 7 nitrogen and oxygen atoms in total. The quantitative estimate of drug-likeness (QED) is 0.297. The second-order valence-corrected chi connectivity index (χ2v) is 12.3. The van der Waals surface area contributed by atoms with Crippen LogP contribution in [0.15, 0.2) is 77.7 Å². The Morgan fingerprint density at radius 2 is 1.78 bits per heavy atom. The zero-order valence-electron chi connectivity index (χ0n) is 20.2. The van der Waals surface area contributed by atoms with Gasteiger partial charge in [-0.1, -0.05) is 53.3 Å². The Hall–Kier alpha value is -2.98. The molecule has 1 amide bonds. The first-order chi connectivity index (χ1) is 17.8. The first-order valence-electron chi connectivity index (χ1n) is 11.9. The van der Waals surface area contributed by atoms with E-state index in [4.69, 9.17) is 21.3 Å². The fourth-order valence-electron chi connectivity index (χ4n) is 4.46. The van der Waals surface area contributed by atoms with E-state index in [1.54, 1.807) is 24.1 Å². The molecule has 5 rings (SSSR count). The summed E-state index contributed by atoms with van der Waals surface area (Å²) in [5.41, 5.74) is 1.80. The molecule has 2 heterocycles. The lowest BCUT2D eigenvalue weighted by molar-refractivity contribution is -0.123. The van der Waals surface area contributed by atoms with Gasteiger partial charge >= 0.3 is 0 Å². The van der Waals surface area contributed by atoms with Gasteiger partial charge in [0.05, 0.1) is 28.8 Å². The largest absolute Gasteiger partial charge is 0.497 e. The van der Waals surface area contributed by atoms with E-state index in [0.717, 1.165) is 21.5 Å². The number of aromatic nitrogens is 1. The van der Waals surface area contributed by atoms with Crippen molar-refractivity contribution in [3.63, 3.8) is 0 Å². The predicted molar refractivity (Wildman–Crippen MR) is 147 cm³/mol. The van der Waals surface area contributed by atoms with Crippen LogP contribution in [0.3, 0.4) is 0 Å². The van der Waals surface area contributed by atoms with Gasteiger partial charge in [-0.15, -0.1) is 0 Å². The molecule has 1 fully saturated rings. The van der Waals surface area contributed by atoms with E-state index in [9.17, 15) is 13.2 Å². The topological polar surface area (TPSA) is 79.8 Å². The van der Waals surface area contributed by atoms with E-state index >= 15 is 0 Å².